The van der Waals surface area contributed by atoms with Crippen LogP contribution in [0.15, 0.2) is 12.7 Å². The fourth-order valence-electron chi connectivity index (χ4n) is 3.56. The number of nitrogens with two attached hydrogens (primary N) is 1. The highest BCUT2D eigenvalue weighted by Gasteiger charge is 2.58. The Kier molecular flexibility index (Phi) is 11.1. The zero-order chi connectivity index (χ0) is 30.8. The number of ether oxygens (including phenoxy) is 2. The highest BCUT2D eigenvalue weighted by atomic mass is 35.5. The van der Waals surface area contributed by atoms with E-state index >= 15 is 4.39 Å². The van der Waals surface area contributed by atoms with Gasteiger partial charge in [-0.05, 0) is 32.6 Å². The van der Waals surface area contributed by atoms with Crippen molar-refractivity contribution in [3.63, 3.8) is 0 Å². The van der Waals surface area contributed by atoms with Crippen LogP contribution < -0.4 is 10.8 Å². The predicted octanol–water partition coefficient (Wildman–Crippen LogP) is 3.06. The lowest BCUT2D eigenvalue weighted by molar-refractivity contribution is -0.149. The molecule has 1 fully saturated rings. The normalized spacial score (nSPS) is 25.4. The summed E-state index contributed by atoms with van der Waals surface area (Å²) in [6.45, 7) is 6.41. The number of nitrogens with zero attached hydrogens (tertiary/aromatic N) is 4. The molecule has 2 aromatic rings. The zero-order valence-electron chi connectivity index (χ0n) is 23.4. The number of alkyl halides is 2. The van der Waals surface area contributed by atoms with E-state index in [1.165, 1.54) is 24.1 Å². The summed E-state index contributed by atoms with van der Waals surface area (Å²) in [5, 5.41) is 10.7. The summed E-state index contributed by atoms with van der Waals surface area (Å²) in [5.41, 5.74) is 5.63. The number of rotatable bonds is 12. The Balaban J connectivity index is 1.74. The first-order chi connectivity index (χ1) is 19.0. The number of nitrogens with one attached hydrogen (secondary N) is 1. The average Bonchev–Trinajstić information content (AvgIpc) is 3.38. The SMILES string of the molecule is CC(C)OC(=O)[C@@H](C)N[P@](=S)(OCCSC(=O)C(C)(C)C)OC[C@H]1O[C@@H](n2cnc3c(N)ncnc32)[C@@](F)(Cl)[C@@H]1O. The number of carbonyl (C=O) groups excluding carboxylic acids is 2. The average molecular weight is 657 g/mol. The van der Waals surface area contributed by atoms with E-state index in [9.17, 15) is 14.7 Å². The summed E-state index contributed by atoms with van der Waals surface area (Å²) in [4.78, 5) is 36.7. The van der Waals surface area contributed by atoms with Crippen molar-refractivity contribution in [3.05, 3.63) is 12.7 Å². The van der Waals surface area contributed by atoms with Crippen molar-refractivity contribution in [1.29, 1.82) is 0 Å². The molecule has 18 heteroatoms. The molecule has 0 aliphatic carbocycles. The Morgan fingerprint density at radius 2 is 2.02 bits per heavy atom. The first kappa shape index (κ1) is 34.0. The number of esters is 1. The Morgan fingerprint density at radius 1 is 1.34 bits per heavy atom. The molecule has 13 nitrogen and oxygen atoms in total. The van der Waals surface area contributed by atoms with Gasteiger partial charge in [-0.25, -0.2) is 24.4 Å². The van der Waals surface area contributed by atoms with Crippen LogP contribution in [-0.4, -0.2) is 84.2 Å². The summed E-state index contributed by atoms with van der Waals surface area (Å²) in [7, 11) is 0. The van der Waals surface area contributed by atoms with Crippen LogP contribution in [0.4, 0.5) is 10.2 Å². The Hall–Kier alpha value is -1.49. The number of halogens is 2. The second kappa shape index (κ2) is 13.4. The monoisotopic (exact) mass is 656 g/mol. The van der Waals surface area contributed by atoms with E-state index < -0.39 is 54.2 Å². The molecule has 6 atom stereocenters. The van der Waals surface area contributed by atoms with Gasteiger partial charge >= 0.3 is 5.97 Å². The number of fused-ring (bicyclic) bond motifs is 1. The molecule has 1 aliphatic rings. The van der Waals surface area contributed by atoms with E-state index in [1.54, 1.807) is 34.6 Å². The van der Waals surface area contributed by atoms with Crippen molar-refractivity contribution < 1.29 is 37.6 Å². The molecular formula is C23H35ClFN6O7PS2. The van der Waals surface area contributed by atoms with E-state index in [2.05, 4.69) is 20.0 Å². The first-order valence-electron chi connectivity index (χ1n) is 12.6. The minimum Gasteiger partial charge on any atom is -0.462 e. The number of anilines is 1. The van der Waals surface area contributed by atoms with E-state index in [4.69, 9.17) is 47.7 Å². The highest BCUT2D eigenvalue weighted by molar-refractivity contribution is 8.13. The van der Waals surface area contributed by atoms with Crippen LogP contribution in [0.3, 0.4) is 0 Å². The summed E-state index contributed by atoms with van der Waals surface area (Å²) < 4.78 is 39.5. The topological polar surface area (TPSA) is 173 Å². The van der Waals surface area contributed by atoms with Crippen LogP contribution in [-0.2, 0) is 39.9 Å². The summed E-state index contributed by atoms with van der Waals surface area (Å²) in [5.74, 6) is -0.251. The molecule has 0 spiro atoms. The third kappa shape index (κ3) is 8.33. The van der Waals surface area contributed by atoms with Gasteiger partial charge in [-0.2, -0.15) is 0 Å². The maximum Gasteiger partial charge on any atom is 0.323 e. The lowest BCUT2D eigenvalue weighted by Crippen LogP contribution is -2.39. The van der Waals surface area contributed by atoms with Gasteiger partial charge in [-0.15, -0.1) is 0 Å². The van der Waals surface area contributed by atoms with E-state index in [0.717, 1.165) is 11.8 Å². The predicted molar refractivity (Wildman–Crippen MR) is 156 cm³/mol. The van der Waals surface area contributed by atoms with Crippen molar-refractivity contribution in [2.24, 2.45) is 5.41 Å². The second-order valence-corrected chi connectivity index (χ2v) is 15.4. The van der Waals surface area contributed by atoms with Gasteiger partial charge in [0.2, 0.25) is 0 Å². The van der Waals surface area contributed by atoms with E-state index in [1.807, 2.05) is 0 Å². The van der Waals surface area contributed by atoms with Gasteiger partial charge in [-0.1, -0.05) is 44.1 Å². The molecule has 0 unspecified atom stereocenters. The molecule has 230 valence electrons. The second-order valence-electron chi connectivity index (χ2n) is 10.6. The molecule has 0 radical (unpaired) electrons. The molecule has 0 amide bonds. The maximum absolute atomic E-state index is 15.6. The van der Waals surface area contributed by atoms with Crippen molar-refractivity contribution in [2.75, 3.05) is 24.7 Å². The van der Waals surface area contributed by atoms with Crippen LogP contribution >= 0.6 is 30.0 Å². The Labute approximate surface area is 251 Å². The number of aliphatic hydroxyl groups is 1. The molecule has 3 rings (SSSR count). The van der Waals surface area contributed by atoms with Crippen LogP contribution in [0, 0.1) is 5.41 Å². The van der Waals surface area contributed by atoms with Crippen molar-refractivity contribution in [3.8, 4) is 0 Å². The molecule has 0 saturated carbocycles. The van der Waals surface area contributed by atoms with E-state index in [-0.39, 0.29) is 40.6 Å². The van der Waals surface area contributed by atoms with Crippen LogP contribution in [0.2, 0.25) is 0 Å². The van der Waals surface area contributed by atoms with E-state index in [0.29, 0.717) is 0 Å². The summed E-state index contributed by atoms with van der Waals surface area (Å²) in [6, 6.07) is -0.926. The summed E-state index contributed by atoms with van der Waals surface area (Å²) in [6.07, 6.45) is -2.70. The maximum atomic E-state index is 15.6. The highest BCUT2D eigenvalue weighted by Crippen LogP contribution is 2.49. The molecule has 1 saturated heterocycles. The lowest BCUT2D eigenvalue weighted by Gasteiger charge is -2.28. The third-order valence-electron chi connectivity index (χ3n) is 5.68. The van der Waals surface area contributed by atoms with Crippen LogP contribution in [0.1, 0.15) is 47.8 Å². The number of hydrogen-bond donors (Lipinski definition) is 3. The first-order valence-corrected chi connectivity index (χ1v) is 16.7. The van der Waals surface area contributed by atoms with Crippen molar-refractivity contribution >= 4 is 69.9 Å². The van der Waals surface area contributed by atoms with Gasteiger partial charge in [0.05, 0.1) is 25.6 Å². The van der Waals surface area contributed by atoms with Gasteiger partial charge in [0.25, 0.3) is 11.8 Å². The number of aliphatic hydroxyl groups excluding tert-OH is 1. The fourth-order valence-corrected chi connectivity index (χ4v) is 7.13. The molecule has 3 heterocycles. The number of carbonyl (C=O) groups is 2. The van der Waals surface area contributed by atoms with Gasteiger partial charge < -0.3 is 29.4 Å². The number of thioether (sulfide) groups is 1. The molecule has 0 aromatic carbocycles. The quantitative estimate of drug-likeness (QED) is 0.132. The van der Waals surface area contributed by atoms with Gasteiger partial charge in [0.15, 0.2) is 22.8 Å². The lowest BCUT2D eigenvalue weighted by atomic mass is 10.00. The molecular weight excluding hydrogens is 622 g/mol. The number of nitrogen functional groups attached to an aromatic ring is 1. The minimum atomic E-state index is -3.47. The number of imidazole rings is 1. The van der Waals surface area contributed by atoms with Crippen molar-refractivity contribution in [2.45, 2.75) is 77.3 Å². The standard InChI is InChI=1S/C23H35ClFN6O7PS2/c1-12(2)37-19(33)13(3)30-39(40,35-7-8-41-21(34)22(4,5)6)36-9-14-16(32)23(24,25)20(38-14)31-11-29-15-17(26)27-10-28-18(15)31/h10-14,16,20,32H,7-9H2,1-6H3,(H,30,40)(H2,26,27,28)/t13-,14-,16-,20-,23-,39+/m1/s1. The smallest absolute Gasteiger partial charge is 0.323 e. The summed E-state index contributed by atoms with van der Waals surface area (Å²) >= 11 is 12.8. The molecule has 1 aliphatic heterocycles. The number of hydrogen-bond acceptors (Lipinski definition) is 13. The minimum absolute atomic E-state index is 0.00409. The fraction of sp³-hybridized carbons (Fsp3) is 0.696. The Bertz CT molecular complexity index is 1300. The largest absolute Gasteiger partial charge is 0.462 e. The van der Waals surface area contributed by atoms with Gasteiger partial charge in [-0.3, -0.25) is 14.2 Å². The van der Waals surface area contributed by atoms with Gasteiger partial charge in [0, 0.05) is 11.2 Å². The van der Waals surface area contributed by atoms with Gasteiger partial charge in [0.1, 0.15) is 30.1 Å². The molecule has 0 bridgehead atoms. The number of aromatic nitrogens is 4. The molecule has 2 aromatic heterocycles. The molecule has 41 heavy (non-hydrogen) atoms. The molecule has 4 N–H and O–H groups in total. The zero-order valence-corrected chi connectivity index (χ0v) is 26.7. The van der Waals surface area contributed by atoms with Crippen molar-refractivity contribution in [1.82, 2.24) is 24.6 Å². The van der Waals surface area contributed by atoms with Crippen LogP contribution in [0.5, 0.6) is 0 Å². The van der Waals surface area contributed by atoms with Crippen LogP contribution in [0.25, 0.3) is 11.2 Å². The third-order valence-corrected chi connectivity index (χ3v) is 9.99. The Morgan fingerprint density at radius 3 is 2.66 bits per heavy atom.